The smallest absolute Gasteiger partial charge is 0.338 e. The number of nitro groups is 1. The molecular weight excluding hydrogens is 610 g/mol. The normalized spacial score (nSPS) is 15.2. The van der Waals surface area contributed by atoms with Crippen LogP contribution in [-0.2, 0) is 9.53 Å². The molecule has 2 aromatic carbocycles. The summed E-state index contributed by atoms with van der Waals surface area (Å²) >= 11 is 4.58. The van der Waals surface area contributed by atoms with Gasteiger partial charge in [-0.2, -0.15) is 0 Å². The minimum absolute atomic E-state index is 0.0422. The van der Waals surface area contributed by atoms with Crippen LogP contribution in [0.5, 0.6) is 0 Å². The number of benzene rings is 2. The van der Waals surface area contributed by atoms with E-state index in [0.29, 0.717) is 48.1 Å². The first-order chi connectivity index (χ1) is 19.6. The zero-order valence-electron chi connectivity index (χ0n) is 22.7. The summed E-state index contributed by atoms with van der Waals surface area (Å²) in [6.45, 7) is 7.89. The molecule has 0 aliphatic carbocycles. The Balaban J connectivity index is 1.60. The van der Waals surface area contributed by atoms with E-state index in [1.54, 1.807) is 38.1 Å². The number of carbonyl (C=O) groups is 1. The van der Waals surface area contributed by atoms with Gasteiger partial charge in [-0.05, 0) is 65.0 Å². The Bertz CT molecular complexity index is 1880. The van der Waals surface area contributed by atoms with Crippen molar-refractivity contribution < 1.29 is 18.9 Å². The van der Waals surface area contributed by atoms with E-state index in [0.717, 1.165) is 11.1 Å². The second-order valence-electron chi connectivity index (χ2n) is 9.75. The van der Waals surface area contributed by atoms with Crippen LogP contribution in [0.1, 0.15) is 56.5 Å². The molecule has 0 fully saturated rings. The monoisotopic (exact) mass is 635 g/mol. The number of esters is 1. The standard InChI is InChI=1S/C30H26BrN3O6S/c1-5-39-29(36)26-17(4)32-30-33(27(26)19-8-6-18(7-9-19)16(2)3)28(35)25(41-30)15-21-11-13-24(40-21)22-12-10-20(34(37)38)14-23(22)31/h6-16,27H,5H2,1-4H3/b25-15-/t27-/m0/s1. The van der Waals surface area contributed by atoms with Crippen LogP contribution in [0.25, 0.3) is 17.4 Å². The number of hydrogen-bond donors (Lipinski definition) is 0. The molecule has 4 aromatic rings. The lowest BCUT2D eigenvalue weighted by molar-refractivity contribution is -0.384. The number of hydrogen-bond acceptors (Lipinski definition) is 8. The SMILES string of the molecule is CCOC(=O)C1=C(C)N=c2s/c(=C\c3ccc(-c4ccc([N+](=O)[O-])cc4Br)o3)c(=O)n2[C@H]1c1ccc(C(C)C)cc1. The van der Waals surface area contributed by atoms with Crippen molar-refractivity contribution in [2.75, 3.05) is 6.61 Å². The van der Waals surface area contributed by atoms with Crippen LogP contribution in [0.4, 0.5) is 5.69 Å². The molecular formula is C30H26BrN3O6S. The van der Waals surface area contributed by atoms with E-state index in [4.69, 9.17) is 9.15 Å². The largest absolute Gasteiger partial charge is 0.463 e. The number of halogens is 1. The summed E-state index contributed by atoms with van der Waals surface area (Å²) in [4.78, 5) is 42.6. The van der Waals surface area contributed by atoms with Gasteiger partial charge in [-0.25, -0.2) is 9.79 Å². The molecule has 2 aromatic heterocycles. The van der Waals surface area contributed by atoms with E-state index in [-0.39, 0.29) is 17.9 Å². The fourth-order valence-electron chi connectivity index (χ4n) is 4.69. The van der Waals surface area contributed by atoms with Gasteiger partial charge < -0.3 is 9.15 Å². The molecule has 1 aliphatic heterocycles. The predicted octanol–water partition coefficient (Wildman–Crippen LogP) is 5.85. The van der Waals surface area contributed by atoms with E-state index >= 15 is 0 Å². The molecule has 0 saturated heterocycles. The van der Waals surface area contributed by atoms with Crippen molar-refractivity contribution in [3.63, 3.8) is 0 Å². The molecule has 0 saturated carbocycles. The number of nitrogens with zero attached hydrogens (tertiary/aromatic N) is 3. The Hall–Kier alpha value is -4.09. The lowest BCUT2D eigenvalue weighted by Gasteiger charge is -2.25. The number of non-ortho nitro benzene ring substituents is 1. The zero-order valence-corrected chi connectivity index (χ0v) is 25.1. The van der Waals surface area contributed by atoms with Crippen molar-refractivity contribution in [2.24, 2.45) is 4.99 Å². The van der Waals surface area contributed by atoms with Gasteiger partial charge in [-0.3, -0.25) is 19.5 Å². The zero-order chi connectivity index (χ0) is 29.4. The maximum absolute atomic E-state index is 13.8. The van der Waals surface area contributed by atoms with Gasteiger partial charge in [0.05, 0.1) is 33.4 Å². The van der Waals surface area contributed by atoms with Crippen molar-refractivity contribution in [1.29, 1.82) is 0 Å². The molecule has 11 heteroatoms. The number of thiazole rings is 1. The number of nitro benzene ring substituents is 1. The highest BCUT2D eigenvalue weighted by Crippen LogP contribution is 2.33. The highest BCUT2D eigenvalue weighted by atomic mass is 79.9. The summed E-state index contributed by atoms with van der Waals surface area (Å²) in [6, 6.07) is 15.1. The summed E-state index contributed by atoms with van der Waals surface area (Å²) in [5.41, 5.74) is 3.03. The maximum Gasteiger partial charge on any atom is 0.338 e. The van der Waals surface area contributed by atoms with Crippen molar-refractivity contribution in [3.05, 3.63) is 117 Å². The van der Waals surface area contributed by atoms with Gasteiger partial charge in [0.2, 0.25) is 0 Å². The van der Waals surface area contributed by atoms with Crippen LogP contribution in [0, 0.1) is 10.1 Å². The van der Waals surface area contributed by atoms with Crippen molar-refractivity contribution in [3.8, 4) is 11.3 Å². The van der Waals surface area contributed by atoms with E-state index in [2.05, 4.69) is 34.8 Å². The maximum atomic E-state index is 13.8. The molecule has 9 nitrogen and oxygen atoms in total. The van der Waals surface area contributed by atoms with Gasteiger partial charge in [-0.1, -0.05) is 49.4 Å². The van der Waals surface area contributed by atoms with Gasteiger partial charge >= 0.3 is 5.97 Å². The molecule has 41 heavy (non-hydrogen) atoms. The van der Waals surface area contributed by atoms with Crippen LogP contribution in [0.15, 0.2) is 84.5 Å². The molecule has 0 bridgehead atoms. The quantitative estimate of drug-likeness (QED) is 0.143. The number of aromatic nitrogens is 1. The highest BCUT2D eigenvalue weighted by Gasteiger charge is 2.33. The summed E-state index contributed by atoms with van der Waals surface area (Å²) in [6.07, 6.45) is 1.63. The molecule has 1 atom stereocenters. The minimum Gasteiger partial charge on any atom is -0.463 e. The van der Waals surface area contributed by atoms with Crippen LogP contribution in [-0.4, -0.2) is 22.1 Å². The van der Waals surface area contributed by atoms with Gasteiger partial charge in [-0.15, -0.1) is 0 Å². The van der Waals surface area contributed by atoms with Gasteiger partial charge in [0.25, 0.3) is 11.2 Å². The molecule has 210 valence electrons. The van der Waals surface area contributed by atoms with E-state index < -0.39 is 16.9 Å². The Kier molecular flexibility index (Phi) is 7.92. The van der Waals surface area contributed by atoms with Gasteiger partial charge in [0.1, 0.15) is 11.5 Å². The van der Waals surface area contributed by atoms with Crippen molar-refractivity contribution in [1.82, 2.24) is 4.57 Å². The summed E-state index contributed by atoms with van der Waals surface area (Å²) in [7, 11) is 0. The number of carbonyl (C=O) groups excluding carboxylic acids is 1. The fourth-order valence-corrected chi connectivity index (χ4v) is 6.28. The Morgan fingerprint density at radius 1 is 1.22 bits per heavy atom. The highest BCUT2D eigenvalue weighted by molar-refractivity contribution is 9.10. The van der Waals surface area contributed by atoms with Gasteiger partial charge in [0.15, 0.2) is 4.80 Å². The number of rotatable bonds is 7. The Morgan fingerprint density at radius 2 is 1.95 bits per heavy atom. The van der Waals surface area contributed by atoms with Crippen LogP contribution in [0.2, 0.25) is 0 Å². The first-order valence-electron chi connectivity index (χ1n) is 12.9. The number of furan rings is 1. The number of allylic oxidation sites excluding steroid dienone is 1. The van der Waals surface area contributed by atoms with E-state index in [1.165, 1.54) is 28.0 Å². The lowest BCUT2D eigenvalue weighted by atomic mass is 9.93. The third-order valence-electron chi connectivity index (χ3n) is 6.76. The molecule has 0 N–H and O–H groups in total. The van der Waals surface area contributed by atoms with Crippen molar-refractivity contribution in [2.45, 2.75) is 39.7 Å². The predicted molar refractivity (Wildman–Crippen MR) is 159 cm³/mol. The molecule has 3 heterocycles. The second-order valence-corrected chi connectivity index (χ2v) is 11.6. The Morgan fingerprint density at radius 3 is 2.59 bits per heavy atom. The molecule has 0 spiro atoms. The number of fused-ring (bicyclic) bond motifs is 1. The summed E-state index contributed by atoms with van der Waals surface area (Å²) in [5, 5.41) is 11.1. The minimum atomic E-state index is -0.697. The van der Waals surface area contributed by atoms with Gasteiger partial charge in [0, 0.05) is 28.2 Å². The van der Waals surface area contributed by atoms with E-state index in [9.17, 15) is 19.7 Å². The average molecular weight is 637 g/mol. The first-order valence-corrected chi connectivity index (χ1v) is 14.5. The van der Waals surface area contributed by atoms with Crippen LogP contribution in [0.3, 0.4) is 0 Å². The van der Waals surface area contributed by atoms with Crippen LogP contribution < -0.4 is 14.9 Å². The average Bonchev–Trinajstić information content (AvgIpc) is 3.52. The molecule has 0 amide bonds. The molecule has 1 aliphatic rings. The molecule has 0 unspecified atom stereocenters. The Labute approximate surface area is 247 Å². The summed E-state index contributed by atoms with van der Waals surface area (Å²) < 4.78 is 13.8. The second kappa shape index (κ2) is 11.4. The first kappa shape index (κ1) is 28.4. The van der Waals surface area contributed by atoms with Crippen molar-refractivity contribution >= 4 is 45.0 Å². The third-order valence-corrected chi connectivity index (χ3v) is 8.40. The van der Waals surface area contributed by atoms with E-state index in [1.807, 2.05) is 24.3 Å². The lowest BCUT2D eigenvalue weighted by Crippen LogP contribution is -2.39. The molecule has 5 rings (SSSR count). The van der Waals surface area contributed by atoms with Crippen LogP contribution >= 0.6 is 27.3 Å². The molecule has 0 radical (unpaired) electrons. The fraction of sp³-hybridized carbons (Fsp3) is 0.233. The topological polar surface area (TPSA) is 117 Å². The summed E-state index contributed by atoms with van der Waals surface area (Å²) in [5.74, 6) is 0.729. The number of ether oxygens (including phenoxy) is 1. The third kappa shape index (κ3) is 5.47.